The average molecular weight is 178 g/mol. The van der Waals surface area contributed by atoms with Crippen molar-refractivity contribution in [3.8, 4) is 6.07 Å². The Morgan fingerprint density at radius 2 is 1.92 bits per heavy atom. The van der Waals surface area contributed by atoms with E-state index in [-0.39, 0.29) is 0 Å². The van der Waals surface area contributed by atoms with Crippen molar-refractivity contribution in [1.82, 2.24) is 4.90 Å². The summed E-state index contributed by atoms with van der Waals surface area (Å²) in [6.07, 6.45) is 7.36. The van der Waals surface area contributed by atoms with Crippen LogP contribution in [0.2, 0.25) is 0 Å². The maximum absolute atomic E-state index is 8.54. The molecule has 2 fully saturated rings. The zero-order chi connectivity index (χ0) is 9.26. The van der Waals surface area contributed by atoms with Crippen LogP contribution < -0.4 is 0 Å². The van der Waals surface area contributed by atoms with Crippen LogP contribution in [0.1, 0.15) is 38.5 Å². The van der Waals surface area contributed by atoms with Crippen molar-refractivity contribution in [1.29, 1.82) is 5.26 Å². The molecule has 0 aliphatic carbocycles. The Bertz CT molecular complexity index is 205. The number of rotatable bonds is 2. The quantitative estimate of drug-likeness (QED) is 0.648. The number of nitriles is 1. The summed E-state index contributed by atoms with van der Waals surface area (Å²) in [4.78, 5) is 2.56. The highest BCUT2D eigenvalue weighted by Gasteiger charge is 2.37. The minimum atomic E-state index is 0.758. The molecule has 2 nitrogen and oxygen atoms in total. The SMILES string of the molecule is CN1[C@@H]2CC[C@H]1CC(CCC#N)C2. The average Bonchev–Trinajstić information content (AvgIpc) is 2.41. The number of hydrogen-bond acceptors (Lipinski definition) is 2. The lowest BCUT2D eigenvalue weighted by Crippen LogP contribution is -2.39. The molecule has 0 saturated carbocycles. The van der Waals surface area contributed by atoms with Crippen LogP contribution in [0.3, 0.4) is 0 Å². The fourth-order valence-corrected chi connectivity index (χ4v) is 3.03. The molecule has 0 radical (unpaired) electrons. The van der Waals surface area contributed by atoms with Crippen molar-refractivity contribution in [2.24, 2.45) is 5.92 Å². The summed E-state index contributed by atoms with van der Waals surface area (Å²) in [6, 6.07) is 3.93. The molecular weight excluding hydrogens is 160 g/mol. The zero-order valence-corrected chi connectivity index (χ0v) is 8.37. The van der Waals surface area contributed by atoms with E-state index in [1.54, 1.807) is 0 Å². The zero-order valence-electron chi connectivity index (χ0n) is 8.37. The molecule has 2 rings (SSSR count). The lowest BCUT2D eigenvalue weighted by atomic mass is 9.88. The van der Waals surface area contributed by atoms with E-state index in [1.165, 1.54) is 25.7 Å². The summed E-state index contributed by atoms with van der Waals surface area (Å²) in [7, 11) is 2.27. The van der Waals surface area contributed by atoms with Crippen LogP contribution in [0.25, 0.3) is 0 Å². The molecule has 2 bridgehead atoms. The molecule has 0 amide bonds. The van der Waals surface area contributed by atoms with Crippen LogP contribution >= 0.6 is 0 Å². The van der Waals surface area contributed by atoms with Crippen molar-refractivity contribution in [2.45, 2.75) is 50.6 Å². The summed E-state index contributed by atoms with van der Waals surface area (Å²) < 4.78 is 0. The Labute approximate surface area is 80.5 Å². The summed E-state index contributed by atoms with van der Waals surface area (Å²) in [6.45, 7) is 0. The second kappa shape index (κ2) is 3.67. The number of piperidine rings is 1. The normalized spacial score (nSPS) is 38.9. The van der Waals surface area contributed by atoms with Gasteiger partial charge in [0.2, 0.25) is 0 Å². The van der Waals surface area contributed by atoms with E-state index in [1.807, 2.05) is 0 Å². The van der Waals surface area contributed by atoms with Crippen molar-refractivity contribution in [3.05, 3.63) is 0 Å². The molecule has 1 unspecified atom stereocenters. The molecule has 2 heteroatoms. The molecule has 0 aromatic rings. The molecule has 2 aliphatic heterocycles. The minimum Gasteiger partial charge on any atom is -0.300 e. The van der Waals surface area contributed by atoms with E-state index in [2.05, 4.69) is 18.0 Å². The van der Waals surface area contributed by atoms with Crippen molar-refractivity contribution >= 4 is 0 Å². The van der Waals surface area contributed by atoms with Crippen molar-refractivity contribution in [3.63, 3.8) is 0 Å². The molecular formula is C11H18N2. The Morgan fingerprint density at radius 1 is 1.31 bits per heavy atom. The van der Waals surface area contributed by atoms with Gasteiger partial charge in [0.25, 0.3) is 0 Å². The summed E-state index contributed by atoms with van der Waals surface area (Å²) in [5.41, 5.74) is 0. The summed E-state index contributed by atoms with van der Waals surface area (Å²) >= 11 is 0. The third-order valence-electron chi connectivity index (χ3n) is 3.86. The molecule has 2 heterocycles. The van der Waals surface area contributed by atoms with E-state index in [0.717, 1.165) is 30.8 Å². The first-order valence-corrected chi connectivity index (χ1v) is 5.40. The third-order valence-corrected chi connectivity index (χ3v) is 3.86. The van der Waals surface area contributed by atoms with Crippen LogP contribution in [-0.2, 0) is 0 Å². The second-order valence-electron chi connectivity index (χ2n) is 4.58. The highest BCUT2D eigenvalue weighted by molar-refractivity contribution is 4.93. The predicted molar refractivity (Wildman–Crippen MR) is 52.1 cm³/mol. The minimum absolute atomic E-state index is 0.758. The molecule has 2 saturated heterocycles. The van der Waals surface area contributed by atoms with Gasteiger partial charge in [-0.2, -0.15) is 5.26 Å². The van der Waals surface area contributed by atoms with Crippen LogP contribution in [0.4, 0.5) is 0 Å². The molecule has 0 aromatic heterocycles. The van der Waals surface area contributed by atoms with E-state index in [4.69, 9.17) is 5.26 Å². The van der Waals surface area contributed by atoms with Gasteiger partial charge >= 0.3 is 0 Å². The molecule has 3 atom stereocenters. The van der Waals surface area contributed by atoms with Gasteiger partial charge in [0, 0.05) is 18.5 Å². The molecule has 13 heavy (non-hydrogen) atoms. The van der Waals surface area contributed by atoms with Crippen molar-refractivity contribution < 1.29 is 0 Å². The standard InChI is InChI=1S/C11H18N2/c1-13-10-4-5-11(13)8-9(7-10)3-2-6-12/h9-11H,2-5,7-8H2,1H3/t9?,10-,11+. The van der Waals surface area contributed by atoms with Crippen LogP contribution in [0.15, 0.2) is 0 Å². The molecule has 0 spiro atoms. The fourth-order valence-electron chi connectivity index (χ4n) is 3.03. The van der Waals surface area contributed by atoms with E-state index in [9.17, 15) is 0 Å². The second-order valence-corrected chi connectivity index (χ2v) is 4.58. The van der Waals surface area contributed by atoms with Gasteiger partial charge in [0.15, 0.2) is 0 Å². The Kier molecular flexibility index (Phi) is 2.55. The van der Waals surface area contributed by atoms with Gasteiger partial charge in [-0.05, 0) is 45.1 Å². The van der Waals surface area contributed by atoms with Crippen LogP contribution in [0.5, 0.6) is 0 Å². The lowest BCUT2D eigenvalue weighted by Gasteiger charge is -2.36. The number of nitrogens with zero attached hydrogens (tertiary/aromatic N) is 2. The fraction of sp³-hybridized carbons (Fsp3) is 0.909. The largest absolute Gasteiger partial charge is 0.300 e. The Morgan fingerprint density at radius 3 is 2.46 bits per heavy atom. The van der Waals surface area contributed by atoms with Crippen LogP contribution in [0, 0.1) is 17.2 Å². The van der Waals surface area contributed by atoms with Gasteiger partial charge in [-0.25, -0.2) is 0 Å². The van der Waals surface area contributed by atoms with Gasteiger partial charge in [-0.3, -0.25) is 0 Å². The first-order chi connectivity index (χ1) is 6.31. The number of fused-ring (bicyclic) bond motifs is 2. The Hall–Kier alpha value is -0.550. The van der Waals surface area contributed by atoms with E-state index in [0.29, 0.717) is 0 Å². The van der Waals surface area contributed by atoms with Gasteiger partial charge in [-0.15, -0.1) is 0 Å². The highest BCUT2D eigenvalue weighted by atomic mass is 15.2. The van der Waals surface area contributed by atoms with Gasteiger partial charge < -0.3 is 4.90 Å². The smallest absolute Gasteiger partial charge is 0.0621 e. The monoisotopic (exact) mass is 178 g/mol. The number of hydrogen-bond donors (Lipinski definition) is 0. The van der Waals surface area contributed by atoms with Crippen LogP contribution in [-0.4, -0.2) is 24.0 Å². The van der Waals surface area contributed by atoms with E-state index >= 15 is 0 Å². The maximum atomic E-state index is 8.54. The molecule has 2 aliphatic rings. The topological polar surface area (TPSA) is 27.0 Å². The first-order valence-electron chi connectivity index (χ1n) is 5.40. The molecule has 0 aromatic carbocycles. The molecule has 0 N–H and O–H groups in total. The summed E-state index contributed by atoms with van der Waals surface area (Å²) in [5.74, 6) is 0.841. The highest BCUT2D eigenvalue weighted by Crippen LogP contribution is 2.38. The van der Waals surface area contributed by atoms with Gasteiger partial charge in [0.05, 0.1) is 6.07 Å². The molecule has 72 valence electrons. The van der Waals surface area contributed by atoms with Gasteiger partial charge in [-0.1, -0.05) is 0 Å². The van der Waals surface area contributed by atoms with E-state index < -0.39 is 0 Å². The van der Waals surface area contributed by atoms with Crippen molar-refractivity contribution in [2.75, 3.05) is 7.05 Å². The first kappa shape index (κ1) is 9.02. The predicted octanol–water partition coefficient (Wildman–Crippen LogP) is 2.16. The lowest BCUT2D eigenvalue weighted by molar-refractivity contribution is 0.130. The summed E-state index contributed by atoms with van der Waals surface area (Å²) in [5, 5.41) is 8.54. The maximum Gasteiger partial charge on any atom is 0.0621 e. The van der Waals surface area contributed by atoms with Gasteiger partial charge in [0.1, 0.15) is 0 Å². The Balaban J connectivity index is 1.88. The third kappa shape index (κ3) is 1.71.